The molecule has 3 heterocycles. The molecular formula is C43H42GeIrN2O-2. The molecule has 0 aliphatic heterocycles. The predicted octanol–water partition coefficient (Wildman–Crippen LogP) is 11.1. The molecule has 3 aromatic heterocycles. The van der Waals surface area contributed by atoms with Crippen molar-refractivity contribution in [2.45, 2.75) is 51.4 Å². The smallest absolute Gasteiger partial charge is 0 e. The first kappa shape index (κ1) is 35.5. The van der Waals surface area contributed by atoms with E-state index in [1.807, 2.05) is 36.5 Å². The van der Waals surface area contributed by atoms with Crippen molar-refractivity contribution < 1.29 is 24.5 Å². The molecule has 0 spiro atoms. The first-order valence-electron chi connectivity index (χ1n) is 16.3. The summed E-state index contributed by atoms with van der Waals surface area (Å²) in [6.07, 6.45) is 4.96. The van der Waals surface area contributed by atoms with E-state index in [9.17, 15) is 0 Å². The topological polar surface area (TPSA) is 38.9 Å². The van der Waals surface area contributed by atoms with Gasteiger partial charge in [-0.2, -0.15) is 0 Å². The quantitative estimate of drug-likeness (QED) is 0.128. The van der Waals surface area contributed by atoms with Crippen molar-refractivity contribution in [2.75, 3.05) is 0 Å². The molecule has 0 aliphatic rings. The second-order valence-electron chi connectivity index (χ2n) is 14.5. The van der Waals surface area contributed by atoms with Gasteiger partial charge in [-0.3, -0.25) is 0 Å². The second-order valence-corrected chi connectivity index (χ2v) is 25.0. The minimum Gasteiger partial charge on any atom is 0 e. The summed E-state index contributed by atoms with van der Waals surface area (Å²) in [4.78, 5) is 9.23. The molecule has 48 heavy (non-hydrogen) atoms. The molecule has 1 radical (unpaired) electrons. The average molecular weight is 868 g/mol. The van der Waals surface area contributed by atoms with Crippen LogP contribution in [0.3, 0.4) is 0 Å². The molecular weight excluding hydrogens is 825 g/mol. The molecule has 0 N–H and O–H groups in total. The van der Waals surface area contributed by atoms with E-state index in [-0.39, 0.29) is 25.5 Å². The third kappa shape index (κ3) is 8.23. The SMILES string of the molecule is CC(C)(C)Cc1ccnc(-c2[c-]ccc3c2oc2cc(-c4ccccc4)ccc23)c1.Cc1cc(-c2[c-]cccc2)nc[c]1[Ge]([CH3])([CH3])[CH3].[Ir]. The van der Waals surface area contributed by atoms with Gasteiger partial charge in [0.2, 0.25) is 0 Å². The Bertz CT molecular complexity index is 2140. The van der Waals surface area contributed by atoms with E-state index in [2.05, 4.69) is 146 Å². The summed E-state index contributed by atoms with van der Waals surface area (Å²) in [6, 6.07) is 41.9. The Morgan fingerprint density at radius 1 is 0.729 bits per heavy atom. The summed E-state index contributed by atoms with van der Waals surface area (Å²) in [5.41, 5.74) is 10.9. The summed E-state index contributed by atoms with van der Waals surface area (Å²) in [5, 5.41) is 2.21. The summed E-state index contributed by atoms with van der Waals surface area (Å²) in [6.45, 7) is 8.95. The fourth-order valence-electron chi connectivity index (χ4n) is 6.12. The zero-order valence-corrected chi connectivity index (χ0v) is 33.3. The van der Waals surface area contributed by atoms with Gasteiger partial charge in [0.25, 0.3) is 0 Å². The van der Waals surface area contributed by atoms with Gasteiger partial charge in [-0.05, 0) is 40.8 Å². The van der Waals surface area contributed by atoms with E-state index in [0.717, 1.165) is 56.4 Å². The number of aryl methyl sites for hydroxylation is 1. The van der Waals surface area contributed by atoms with Gasteiger partial charge in [-0.15, -0.1) is 18.2 Å². The molecule has 0 atom stereocenters. The van der Waals surface area contributed by atoms with E-state index in [4.69, 9.17) is 4.42 Å². The molecule has 7 aromatic rings. The Kier molecular flexibility index (Phi) is 10.9. The van der Waals surface area contributed by atoms with Crippen LogP contribution in [0.1, 0.15) is 31.9 Å². The number of hydrogen-bond donors (Lipinski definition) is 0. The normalized spacial score (nSPS) is 11.6. The molecule has 0 unspecified atom stereocenters. The Morgan fingerprint density at radius 2 is 1.50 bits per heavy atom. The third-order valence-electron chi connectivity index (χ3n) is 8.26. The second kappa shape index (κ2) is 14.7. The van der Waals surface area contributed by atoms with Gasteiger partial charge in [-0.25, -0.2) is 0 Å². The zero-order chi connectivity index (χ0) is 33.2. The number of hydrogen-bond acceptors (Lipinski definition) is 3. The van der Waals surface area contributed by atoms with Crippen molar-refractivity contribution in [3.05, 3.63) is 139 Å². The molecule has 5 heteroatoms. The van der Waals surface area contributed by atoms with Crippen LogP contribution < -0.4 is 4.40 Å². The molecule has 4 aromatic carbocycles. The van der Waals surface area contributed by atoms with Crippen LogP contribution in [-0.4, -0.2) is 23.2 Å². The van der Waals surface area contributed by atoms with Crippen molar-refractivity contribution in [3.8, 4) is 33.6 Å². The number of benzene rings is 4. The monoisotopic (exact) mass is 869 g/mol. The number of rotatable bonds is 5. The van der Waals surface area contributed by atoms with Crippen LogP contribution in [-0.2, 0) is 26.5 Å². The maximum atomic E-state index is 6.37. The van der Waals surface area contributed by atoms with Crippen LogP contribution in [0.25, 0.3) is 55.6 Å². The Morgan fingerprint density at radius 3 is 2.19 bits per heavy atom. The molecule has 245 valence electrons. The summed E-state index contributed by atoms with van der Waals surface area (Å²) in [7, 11) is 0. The Hall–Kier alpha value is -3.83. The van der Waals surface area contributed by atoms with Crippen LogP contribution in [0.4, 0.5) is 0 Å². The van der Waals surface area contributed by atoms with Crippen LogP contribution in [0.5, 0.6) is 0 Å². The van der Waals surface area contributed by atoms with Crippen molar-refractivity contribution in [1.82, 2.24) is 9.97 Å². The fourth-order valence-corrected chi connectivity index (χ4v) is 9.70. The molecule has 0 fully saturated rings. The van der Waals surface area contributed by atoms with Gasteiger partial charge in [0.05, 0.1) is 5.58 Å². The molecule has 0 amide bonds. The first-order valence-corrected chi connectivity index (χ1v) is 23.6. The van der Waals surface area contributed by atoms with Crippen molar-refractivity contribution in [2.24, 2.45) is 5.41 Å². The van der Waals surface area contributed by atoms with Crippen LogP contribution in [0.15, 0.2) is 120 Å². The van der Waals surface area contributed by atoms with Gasteiger partial charge in [0.1, 0.15) is 5.58 Å². The minimum absolute atomic E-state index is 0. The number of aromatic nitrogens is 2. The molecule has 0 aliphatic carbocycles. The fraction of sp³-hybridized carbons (Fsp3) is 0.209. The summed E-state index contributed by atoms with van der Waals surface area (Å²) >= 11 is -1.77. The average Bonchev–Trinajstić information content (AvgIpc) is 3.43. The molecule has 0 bridgehead atoms. The number of pyridine rings is 2. The third-order valence-corrected chi connectivity index (χ3v) is 12.7. The first-order chi connectivity index (χ1) is 22.5. The number of furan rings is 1. The van der Waals surface area contributed by atoms with E-state index in [1.54, 1.807) is 0 Å². The predicted molar refractivity (Wildman–Crippen MR) is 201 cm³/mol. The van der Waals surface area contributed by atoms with Gasteiger partial charge in [0, 0.05) is 31.7 Å². The molecule has 0 saturated heterocycles. The van der Waals surface area contributed by atoms with Crippen molar-refractivity contribution in [1.29, 1.82) is 0 Å². The van der Waals surface area contributed by atoms with Gasteiger partial charge >= 0.3 is 106 Å². The van der Waals surface area contributed by atoms with E-state index in [1.165, 1.54) is 21.1 Å². The zero-order valence-electron chi connectivity index (χ0n) is 28.8. The number of nitrogens with zero attached hydrogens (tertiary/aromatic N) is 2. The van der Waals surface area contributed by atoms with E-state index < -0.39 is 13.3 Å². The van der Waals surface area contributed by atoms with Crippen molar-refractivity contribution >= 4 is 39.6 Å². The van der Waals surface area contributed by atoms with Crippen LogP contribution >= 0.6 is 0 Å². The van der Waals surface area contributed by atoms with Crippen LogP contribution in [0.2, 0.25) is 17.3 Å². The minimum atomic E-state index is -1.77. The molecule has 0 saturated carbocycles. The van der Waals surface area contributed by atoms with E-state index >= 15 is 0 Å². The van der Waals surface area contributed by atoms with Gasteiger partial charge < -0.3 is 9.40 Å². The van der Waals surface area contributed by atoms with Gasteiger partial charge in [0.15, 0.2) is 0 Å². The standard InChI is InChI=1S/C28H24NO.C15H18GeN.Ir/c1-28(2,3)18-19-14-15-29-25(16-19)24-11-7-10-23-22-13-12-21(17-26(22)30-27(23)24)20-8-5-4-6-9-20;1-12-10-15(13-8-6-5-7-9-13)17-11-14(12)16(2,3)4;/h4-10,12-17H,18H2,1-3H3;5-8,10-11H,1-4H3;/q2*-1;. The van der Waals surface area contributed by atoms with Gasteiger partial charge in [-0.1, -0.05) is 85.8 Å². The molecule has 7 rings (SSSR count). The number of fused-ring (bicyclic) bond motifs is 3. The Balaban J connectivity index is 0.000000214. The summed E-state index contributed by atoms with van der Waals surface area (Å²) < 4.78 is 7.86. The summed E-state index contributed by atoms with van der Waals surface area (Å²) in [5.74, 6) is 7.20. The Labute approximate surface area is 301 Å². The van der Waals surface area contributed by atoms with Crippen LogP contribution in [0, 0.1) is 24.5 Å². The molecule has 3 nitrogen and oxygen atoms in total. The van der Waals surface area contributed by atoms with E-state index in [0.29, 0.717) is 0 Å². The van der Waals surface area contributed by atoms with Crippen molar-refractivity contribution in [3.63, 3.8) is 0 Å². The maximum absolute atomic E-state index is 6.37. The largest absolute Gasteiger partial charge is 0 e. The maximum Gasteiger partial charge on any atom is 0 e.